The fraction of sp³-hybridized carbons (Fsp3) is 1.00. The fourth-order valence-corrected chi connectivity index (χ4v) is 3.70. The van der Waals surface area contributed by atoms with Gasteiger partial charge < -0.3 is 9.13 Å². The molecule has 0 amide bonds. The van der Waals surface area contributed by atoms with Crippen LogP contribution >= 0.6 is 0 Å². The summed E-state index contributed by atoms with van der Waals surface area (Å²) < 4.78 is 5.32. The van der Waals surface area contributed by atoms with Crippen LogP contribution in [0.15, 0.2) is 0 Å². The summed E-state index contributed by atoms with van der Waals surface area (Å²) in [6, 6.07) is 0. The molecule has 0 N–H and O–H groups in total. The zero-order valence-corrected chi connectivity index (χ0v) is 9.42. The SMILES string of the molecule is CCCN1[SiH2]N(CCC)C1C. The molecule has 0 bridgehead atoms. The Kier molecular flexibility index (Phi) is 3.55. The Balaban J connectivity index is 2.15. The van der Waals surface area contributed by atoms with Gasteiger partial charge in [0.1, 0.15) is 0 Å². The Morgan fingerprint density at radius 3 is 1.82 bits per heavy atom. The van der Waals surface area contributed by atoms with E-state index in [0.717, 1.165) is 6.17 Å². The van der Waals surface area contributed by atoms with Crippen molar-refractivity contribution in [2.75, 3.05) is 13.1 Å². The quantitative estimate of drug-likeness (QED) is 0.578. The van der Waals surface area contributed by atoms with Gasteiger partial charge in [-0.05, 0) is 32.9 Å². The molecule has 1 rings (SSSR count). The zero-order valence-electron chi connectivity index (χ0n) is 8.01. The van der Waals surface area contributed by atoms with Crippen molar-refractivity contribution in [1.82, 2.24) is 9.13 Å². The second-order valence-electron chi connectivity index (χ2n) is 3.40. The first-order chi connectivity index (χ1) is 5.29. The second-order valence-corrected chi connectivity index (χ2v) is 5.31. The van der Waals surface area contributed by atoms with Crippen molar-refractivity contribution in [3.63, 3.8) is 0 Å². The molecular weight excluding hydrogens is 152 g/mol. The van der Waals surface area contributed by atoms with Gasteiger partial charge in [-0.25, -0.2) is 0 Å². The van der Waals surface area contributed by atoms with Gasteiger partial charge in [0.25, 0.3) is 0 Å². The molecule has 1 aliphatic rings. The van der Waals surface area contributed by atoms with Crippen molar-refractivity contribution in [3.05, 3.63) is 0 Å². The Bertz CT molecular complexity index is 107. The topological polar surface area (TPSA) is 6.48 Å². The summed E-state index contributed by atoms with van der Waals surface area (Å²) in [4.78, 5) is 0. The maximum atomic E-state index is 2.66. The summed E-state index contributed by atoms with van der Waals surface area (Å²) in [5.41, 5.74) is 0. The summed E-state index contributed by atoms with van der Waals surface area (Å²) in [7, 11) is 0.0301. The molecule has 0 aromatic heterocycles. The van der Waals surface area contributed by atoms with Crippen LogP contribution in [0.25, 0.3) is 0 Å². The Labute approximate surface area is 72.5 Å². The molecular formula is C8H20N2Si. The highest BCUT2D eigenvalue weighted by molar-refractivity contribution is 6.32. The molecule has 0 aromatic carbocycles. The maximum Gasteiger partial charge on any atom is 0.175 e. The minimum atomic E-state index is 0.0301. The molecule has 1 fully saturated rings. The van der Waals surface area contributed by atoms with Crippen LogP contribution < -0.4 is 0 Å². The first-order valence-corrected chi connectivity index (χ1v) is 6.04. The monoisotopic (exact) mass is 172 g/mol. The summed E-state index contributed by atoms with van der Waals surface area (Å²) in [6.07, 6.45) is 3.40. The summed E-state index contributed by atoms with van der Waals surface area (Å²) in [6.45, 7) is 9.52. The molecule has 1 saturated heterocycles. The first kappa shape index (κ1) is 9.23. The maximum absolute atomic E-state index is 2.66. The van der Waals surface area contributed by atoms with Crippen molar-refractivity contribution in [2.45, 2.75) is 39.8 Å². The molecule has 1 heterocycles. The minimum Gasteiger partial charge on any atom is -0.302 e. The van der Waals surface area contributed by atoms with Crippen LogP contribution in [0.1, 0.15) is 33.6 Å². The van der Waals surface area contributed by atoms with Crippen molar-refractivity contribution < 1.29 is 0 Å². The van der Waals surface area contributed by atoms with Gasteiger partial charge in [-0.3, -0.25) is 0 Å². The van der Waals surface area contributed by atoms with Crippen LogP contribution in [0.4, 0.5) is 0 Å². The lowest BCUT2D eigenvalue weighted by molar-refractivity contribution is 0.111. The predicted octanol–water partition coefficient (Wildman–Crippen LogP) is 0.769. The predicted molar refractivity (Wildman–Crippen MR) is 52.0 cm³/mol. The number of nitrogens with zero attached hydrogens (tertiary/aromatic N) is 2. The van der Waals surface area contributed by atoms with Gasteiger partial charge in [-0.1, -0.05) is 13.8 Å². The molecule has 3 heteroatoms. The van der Waals surface area contributed by atoms with Crippen molar-refractivity contribution in [2.24, 2.45) is 0 Å². The second kappa shape index (κ2) is 4.23. The van der Waals surface area contributed by atoms with Gasteiger partial charge in [0, 0.05) is 6.17 Å². The van der Waals surface area contributed by atoms with E-state index < -0.39 is 0 Å². The van der Waals surface area contributed by atoms with Gasteiger partial charge in [0.05, 0.1) is 0 Å². The number of hydrogen-bond donors (Lipinski definition) is 0. The third kappa shape index (κ3) is 2.04. The highest BCUT2D eigenvalue weighted by atomic mass is 28.2. The van der Waals surface area contributed by atoms with Crippen LogP contribution in [0.2, 0.25) is 0 Å². The molecule has 11 heavy (non-hydrogen) atoms. The highest BCUT2D eigenvalue weighted by Gasteiger charge is 2.30. The zero-order chi connectivity index (χ0) is 8.27. The average Bonchev–Trinajstić information content (AvgIpc) is 2.02. The molecule has 0 saturated carbocycles. The molecule has 1 aliphatic heterocycles. The fourth-order valence-electron chi connectivity index (χ4n) is 1.69. The molecule has 0 atom stereocenters. The van der Waals surface area contributed by atoms with Crippen LogP contribution in [0, 0.1) is 0 Å². The summed E-state index contributed by atoms with van der Waals surface area (Å²) >= 11 is 0. The molecule has 0 spiro atoms. The van der Waals surface area contributed by atoms with Crippen LogP contribution in [0.5, 0.6) is 0 Å². The normalized spacial score (nSPS) is 29.2. The Morgan fingerprint density at radius 1 is 1.09 bits per heavy atom. The third-order valence-corrected chi connectivity index (χ3v) is 4.86. The Hall–Kier alpha value is 0.137. The van der Waals surface area contributed by atoms with Crippen molar-refractivity contribution >= 4 is 9.84 Å². The molecule has 0 radical (unpaired) electrons. The molecule has 2 nitrogen and oxygen atoms in total. The van der Waals surface area contributed by atoms with Crippen LogP contribution in [0.3, 0.4) is 0 Å². The Morgan fingerprint density at radius 2 is 1.55 bits per heavy atom. The third-order valence-electron chi connectivity index (χ3n) is 2.44. The van der Waals surface area contributed by atoms with Crippen LogP contribution in [-0.2, 0) is 0 Å². The van der Waals surface area contributed by atoms with Gasteiger partial charge >= 0.3 is 0 Å². The molecule has 0 aromatic rings. The molecule has 0 aliphatic carbocycles. The van der Waals surface area contributed by atoms with Gasteiger partial charge in [0.2, 0.25) is 0 Å². The van der Waals surface area contributed by atoms with E-state index >= 15 is 0 Å². The lowest BCUT2D eigenvalue weighted by Crippen LogP contribution is -2.65. The summed E-state index contributed by atoms with van der Waals surface area (Å²) in [5, 5.41) is 0. The smallest absolute Gasteiger partial charge is 0.175 e. The first-order valence-electron chi connectivity index (χ1n) is 4.77. The lowest BCUT2D eigenvalue weighted by Gasteiger charge is -2.49. The van der Waals surface area contributed by atoms with Gasteiger partial charge in [-0.15, -0.1) is 0 Å². The van der Waals surface area contributed by atoms with E-state index in [1.165, 1.54) is 25.9 Å². The molecule has 66 valence electrons. The van der Waals surface area contributed by atoms with E-state index in [1.54, 1.807) is 0 Å². The van der Waals surface area contributed by atoms with Crippen LogP contribution in [-0.4, -0.2) is 38.2 Å². The van der Waals surface area contributed by atoms with E-state index in [9.17, 15) is 0 Å². The van der Waals surface area contributed by atoms with Crippen molar-refractivity contribution in [1.29, 1.82) is 0 Å². The van der Waals surface area contributed by atoms with E-state index in [1.807, 2.05) is 0 Å². The van der Waals surface area contributed by atoms with Crippen molar-refractivity contribution in [3.8, 4) is 0 Å². The largest absolute Gasteiger partial charge is 0.302 e. The molecule has 0 unspecified atom stereocenters. The average molecular weight is 172 g/mol. The van der Waals surface area contributed by atoms with Gasteiger partial charge in [-0.2, -0.15) is 0 Å². The van der Waals surface area contributed by atoms with E-state index in [4.69, 9.17) is 0 Å². The van der Waals surface area contributed by atoms with E-state index in [-0.39, 0.29) is 9.84 Å². The minimum absolute atomic E-state index is 0.0301. The van der Waals surface area contributed by atoms with E-state index in [0.29, 0.717) is 0 Å². The van der Waals surface area contributed by atoms with E-state index in [2.05, 4.69) is 29.9 Å². The standard InChI is InChI=1S/C8H20N2Si/c1-4-6-9-8(3)10(11-9)7-5-2/h8H,4-7,11H2,1-3H3. The number of rotatable bonds is 4. The lowest BCUT2D eigenvalue weighted by atomic mass is 10.4. The number of hydrogen-bond acceptors (Lipinski definition) is 2. The van der Waals surface area contributed by atoms with Gasteiger partial charge in [0.15, 0.2) is 9.84 Å². The summed E-state index contributed by atoms with van der Waals surface area (Å²) in [5.74, 6) is 0. The highest BCUT2D eigenvalue weighted by Crippen LogP contribution is 2.15.